The largest absolute Gasteiger partial charge is 0.456 e. The van der Waals surface area contributed by atoms with Gasteiger partial charge in [0.25, 0.3) is 0 Å². The standard InChI is InChI=1S/C51H29N3O2S/c1-2-10-32(11-3-1)49-52-50(54-51(53-49)39-17-9-16-38-37-15-5-7-19-47(37)57-48(38)39)35-13-8-12-33(26-35)30-20-22-31(23-21-30)34-24-25-44-40(27-34)42-29-45-41(28-46(42)56-44)36-14-4-6-18-43(36)55-45/h1-29H. The van der Waals surface area contributed by atoms with Crippen LogP contribution in [0.4, 0.5) is 0 Å². The number of thiophene rings is 1. The molecule has 5 nitrogen and oxygen atoms in total. The van der Waals surface area contributed by atoms with Crippen molar-refractivity contribution in [2.24, 2.45) is 0 Å². The van der Waals surface area contributed by atoms with E-state index in [0.717, 1.165) is 82.8 Å². The third kappa shape index (κ3) is 5.26. The highest BCUT2D eigenvalue weighted by atomic mass is 32.1. The summed E-state index contributed by atoms with van der Waals surface area (Å²) in [6.45, 7) is 0. The van der Waals surface area contributed by atoms with E-state index < -0.39 is 0 Å². The molecule has 0 aliphatic carbocycles. The molecule has 0 N–H and O–H groups in total. The number of rotatable bonds is 5. The first-order valence-electron chi connectivity index (χ1n) is 18.9. The highest BCUT2D eigenvalue weighted by Crippen LogP contribution is 2.41. The van der Waals surface area contributed by atoms with Gasteiger partial charge in [-0.1, -0.05) is 127 Å². The topological polar surface area (TPSA) is 65.0 Å². The van der Waals surface area contributed by atoms with E-state index in [1.807, 2.05) is 48.5 Å². The molecule has 12 aromatic rings. The van der Waals surface area contributed by atoms with Crippen LogP contribution in [0, 0.1) is 0 Å². The van der Waals surface area contributed by atoms with Crippen LogP contribution in [0.5, 0.6) is 0 Å². The molecular formula is C51H29N3O2S. The van der Waals surface area contributed by atoms with Gasteiger partial charge in [-0.05, 0) is 70.8 Å². The molecule has 0 fully saturated rings. The minimum atomic E-state index is 0.635. The number of aromatic nitrogens is 3. The van der Waals surface area contributed by atoms with Gasteiger partial charge in [-0.25, -0.2) is 15.0 Å². The first kappa shape index (κ1) is 31.9. The lowest BCUT2D eigenvalue weighted by atomic mass is 9.98. The molecule has 0 radical (unpaired) electrons. The Balaban J connectivity index is 0.914. The summed E-state index contributed by atoms with van der Waals surface area (Å²) in [6.07, 6.45) is 0. The molecule has 0 saturated carbocycles. The average Bonchev–Trinajstić information content (AvgIpc) is 3.96. The number of para-hydroxylation sites is 1. The Morgan fingerprint density at radius 3 is 1.67 bits per heavy atom. The number of furan rings is 2. The Kier molecular flexibility index (Phi) is 7.03. The molecule has 266 valence electrons. The van der Waals surface area contributed by atoms with Gasteiger partial charge in [0.15, 0.2) is 17.5 Å². The van der Waals surface area contributed by atoms with Gasteiger partial charge in [0.05, 0.1) is 0 Å². The minimum Gasteiger partial charge on any atom is -0.456 e. The maximum atomic E-state index is 6.34. The van der Waals surface area contributed by atoms with Crippen LogP contribution in [0.3, 0.4) is 0 Å². The second-order valence-electron chi connectivity index (χ2n) is 14.4. The fourth-order valence-electron chi connectivity index (χ4n) is 8.13. The van der Waals surface area contributed by atoms with Gasteiger partial charge in [-0.3, -0.25) is 0 Å². The van der Waals surface area contributed by atoms with Crippen LogP contribution >= 0.6 is 11.3 Å². The van der Waals surface area contributed by atoms with Crippen LogP contribution in [-0.2, 0) is 0 Å². The molecule has 0 aliphatic rings. The van der Waals surface area contributed by atoms with Crippen molar-refractivity contribution < 1.29 is 8.83 Å². The van der Waals surface area contributed by atoms with Gasteiger partial charge in [-0.2, -0.15) is 0 Å². The highest BCUT2D eigenvalue weighted by molar-refractivity contribution is 7.26. The zero-order valence-corrected chi connectivity index (χ0v) is 31.1. The zero-order valence-electron chi connectivity index (χ0n) is 30.3. The van der Waals surface area contributed by atoms with Crippen molar-refractivity contribution in [3.8, 4) is 56.4 Å². The average molecular weight is 748 g/mol. The Morgan fingerprint density at radius 2 is 0.860 bits per heavy atom. The molecule has 0 unspecified atom stereocenters. The molecular weight excluding hydrogens is 719 g/mol. The summed E-state index contributed by atoms with van der Waals surface area (Å²) in [7, 11) is 0. The van der Waals surface area contributed by atoms with Gasteiger partial charge >= 0.3 is 0 Å². The second kappa shape index (κ2) is 12.6. The van der Waals surface area contributed by atoms with E-state index in [4.69, 9.17) is 23.8 Å². The lowest BCUT2D eigenvalue weighted by molar-refractivity contribution is 0.664. The predicted molar refractivity (Wildman–Crippen MR) is 234 cm³/mol. The van der Waals surface area contributed by atoms with Crippen LogP contribution in [0.2, 0.25) is 0 Å². The van der Waals surface area contributed by atoms with Crippen molar-refractivity contribution in [1.29, 1.82) is 0 Å². The van der Waals surface area contributed by atoms with Gasteiger partial charge in [0.1, 0.15) is 22.3 Å². The van der Waals surface area contributed by atoms with Gasteiger partial charge in [0.2, 0.25) is 0 Å². The number of hydrogen-bond acceptors (Lipinski definition) is 6. The molecule has 0 spiro atoms. The van der Waals surface area contributed by atoms with E-state index in [9.17, 15) is 0 Å². The van der Waals surface area contributed by atoms with Gasteiger partial charge in [0, 0.05) is 58.4 Å². The Hall–Kier alpha value is -7.41. The molecule has 4 heterocycles. The summed E-state index contributed by atoms with van der Waals surface area (Å²) < 4.78 is 15.0. The molecule has 0 atom stereocenters. The van der Waals surface area contributed by atoms with E-state index in [-0.39, 0.29) is 0 Å². The third-order valence-electron chi connectivity index (χ3n) is 11.0. The Morgan fingerprint density at radius 1 is 0.316 bits per heavy atom. The number of nitrogens with zero attached hydrogens (tertiary/aromatic N) is 3. The molecule has 0 amide bonds. The maximum Gasteiger partial charge on any atom is 0.165 e. The quantitative estimate of drug-likeness (QED) is 0.175. The minimum absolute atomic E-state index is 0.635. The monoisotopic (exact) mass is 747 g/mol. The smallest absolute Gasteiger partial charge is 0.165 e. The van der Waals surface area contributed by atoms with E-state index in [0.29, 0.717) is 17.5 Å². The molecule has 12 rings (SSSR count). The highest BCUT2D eigenvalue weighted by Gasteiger charge is 2.18. The summed E-state index contributed by atoms with van der Waals surface area (Å²) in [5.41, 5.74) is 10.8. The van der Waals surface area contributed by atoms with E-state index in [1.165, 1.54) is 20.2 Å². The summed E-state index contributed by atoms with van der Waals surface area (Å²) in [5, 5.41) is 6.73. The Labute approximate surface area is 330 Å². The summed E-state index contributed by atoms with van der Waals surface area (Å²) in [4.78, 5) is 15.3. The summed E-state index contributed by atoms with van der Waals surface area (Å²) in [5.74, 6) is 1.94. The van der Waals surface area contributed by atoms with Crippen LogP contribution in [0.15, 0.2) is 185 Å². The van der Waals surface area contributed by atoms with Crippen molar-refractivity contribution in [3.63, 3.8) is 0 Å². The number of benzene rings is 8. The fraction of sp³-hybridized carbons (Fsp3) is 0. The third-order valence-corrected chi connectivity index (χ3v) is 12.2. The molecule has 0 bridgehead atoms. The molecule has 8 aromatic carbocycles. The maximum absolute atomic E-state index is 6.34. The lowest BCUT2D eigenvalue weighted by Crippen LogP contribution is -2.00. The van der Waals surface area contributed by atoms with Gasteiger partial charge < -0.3 is 8.83 Å². The number of fused-ring (bicyclic) bond motifs is 9. The first-order valence-corrected chi connectivity index (χ1v) is 19.7. The van der Waals surface area contributed by atoms with E-state index in [2.05, 4.69) is 127 Å². The van der Waals surface area contributed by atoms with Crippen molar-refractivity contribution in [2.75, 3.05) is 0 Å². The number of hydrogen-bond donors (Lipinski definition) is 0. The molecule has 4 aromatic heterocycles. The fourth-order valence-corrected chi connectivity index (χ4v) is 9.34. The molecule has 0 saturated heterocycles. The summed E-state index contributed by atoms with van der Waals surface area (Å²) in [6, 6.07) is 61.0. The predicted octanol–water partition coefficient (Wildman–Crippen LogP) is 14.4. The van der Waals surface area contributed by atoms with Crippen molar-refractivity contribution in [2.45, 2.75) is 0 Å². The van der Waals surface area contributed by atoms with Crippen LogP contribution in [-0.4, -0.2) is 15.0 Å². The Bertz CT molecular complexity index is 3530. The van der Waals surface area contributed by atoms with E-state index >= 15 is 0 Å². The van der Waals surface area contributed by atoms with Crippen LogP contribution < -0.4 is 0 Å². The SMILES string of the molecule is c1ccc(-c2nc(-c3cccc(-c4ccc(-c5ccc6oc7cc8c(cc7c6c5)oc5ccccc58)cc4)c3)nc(-c3cccc4c3sc3ccccc34)n2)cc1. The summed E-state index contributed by atoms with van der Waals surface area (Å²) >= 11 is 1.78. The van der Waals surface area contributed by atoms with Crippen molar-refractivity contribution in [1.82, 2.24) is 15.0 Å². The lowest BCUT2D eigenvalue weighted by Gasteiger charge is -2.10. The molecule has 0 aliphatic heterocycles. The first-order chi connectivity index (χ1) is 28.2. The molecule has 6 heteroatoms. The van der Waals surface area contributed by atoms with Crippen molar-refractivity contribution in [3.05, 3.63) is 176 Å². The van der Waals surface area contributed by atoms with Crippen molar-refractivity contribution >= 4 is 75.4 Å². The zero-order chi connectivity index (χ0) is 37.5. The molecule has 57 heavy (non-hydrogen) atoms. The normalized spacial score (nSPS) is 11.9. The van der Waals surface area contributed by atoms with Gasteiger partial charge in [-0.15, -0.1) is 11.3 Å². The van der Waals surface area contributed by atoms with Crippen LogP contribution in [0.1, 0.15) is 0 Å². The van der Waals surface area contributed by atoms with Crippen LogP contribution in [0.25, 0.3) is 120 Å². The van der Waals surface area contributed by atoms with E-state index in [1.54, 1.807) is 11.3 Å². The second-order valence-corrected chi connectivity index (χ2v) is 15.4.